The van der Waals surface area contributed by atoms with Crippen molar-refractivity contribution in [2.75, 3.05) is 0 Å². The van der Waals surface area contributed by atoms with Gasteiger partial charge in [-0.05, 0) is 18.1 Å². The zero-order chi connectivity index (χ0) is 12.3. The molecule has 0 N–H and O–H groups in total. The molecule has 0 heterocycles. The maximum atomic E-state index is 11.7. The van der Waals surface area contributed by atoms with Crippen molar-refractivity contribution < 1.29 is 9.72 Å². The lowest BCUT2D eigenvalue weighted by molar-refractivity contribution is -0.512. The van der Waals surface area contributed by atoms with Crippen LogP contribution in [-0.2, 0) is 4.79 Å². The second kappa shape index (κ2) is 4.91. The molecule has 0 amide bonds. The van der Waals surface area contributed by atoms with Gasteiger partial charge in [0.05, 0.1) is 5.57 Å². The van der Waals surface area contributed by atoms with Crippen LogP contribution in [0.25, 0.3) is 6.08 Å². The highest BCUT2D eigenvalue weighted by Gasteiger charge is 2.33. The molecule has 0 bridgehead atoms. The van der Waals surface area contributed by atoms with Crippen molar-refractivity contribution in [3.63, 3.8) is 0 Å². The number of nitrogens with zero attached hydrogens (tertiary/aromatic N) is 1. The summed E-state index contributed by atoms with van der Waals surface area (Å²) in [5.41, 5.74) is 1.18. The number of benzene rings is 1. The van der Waals surface area contributed by atoms with E-state index in [1.54, 1.807) is 6.08 Å². The van der Waals surface area contributed by atoms with Crippen LogP contribution in [0.1, 0.15) is 24.8 Å². The number of carbonyl (C=O) groups excluding carboxylic acids is 1. The van der Waals surface area contributed by atoms with Gasteiger partial charge in [-0.25, -0.2) is 0 Å². The smallest absolute Gasteiger partial charge is 0.241 e. The lowest BCUT2D eigenvalue weighted by Crippen LogP contribution is -2.30. The number of ketones is 1. The third-order valence-electron chi connectivity index (χ3n) is 2.94. The van der Waals surface area contributed by atoms with E-state index in [1.165, 1.54) is 0 Å². The molecule has 0 aromatic heterocycles. The Labute approximate surface area is 99.1 Å². The zero-order valence-electron chi connectivity index (χ0n) is 9.33. The standard InChI is InChI=1S/C13H13NO3/c15-13-8-4-7-12(14(16)17)11(13)9-10-5-2-1-3-6-10/h1-3,5-6,9,12H,4,7-8H2. The first-order chi connectivity index (χ1) is 8.18. The molecule has 4 heteroatoms. The number of Topliss-reactive ketones (excluding diaryl/α,β-unsaturated/α-hetero) is 1. The minimum Gasteiger partial charge on any atom is -0.294 e. The molecule has 0 aliphatic heterocycles. The number of nitro groups is 1. The number of hydrogen-bond donors (Lipinski definition) is 0. The van der Waals surface area contributed by atoms with E-state index < -0.39 is 6.04 Å². The summed E-state index contributed by atoms with van der Waals surface area (Å²) in [6.45, 7) is 0. The Morgan fingerprint density at radius 2 is 2.00 bits per heavy atom. The SMILES string of the molecule is O=C1CCCC([N+](=O)[O-])C1=Cc1ccccc1. The summed E-state index contributed by atoms with van der Waals surface area (Å²) in [6.07, 6.45) is 3.13. The quantitative estimate of drug-likeness (QED) is 0.446. The van der Waals surface area contributed by atoms with E-state index in [0.717, 1.165) is 5.56 Å². The average Bonchev–Trinajstić information content (AvgIpc) is 2.33. The molecule has 4 nitrogen and oxygen atoms in total. The highest BCUT2D eigenvalue weighted by atomic mass is 16.6. The van der Waals surface area contributed by atoms with Crippen LogP contribution in [0.3, 0.4) is 0 Å². The highest BCUT2D eigenvalue weighted by molar-refractivity contribution is 6.01. The number of carbonyl (C=O) groups is 1. The maximum Gasteiger partial charge on any atom is 0.241 e. The van der Waals surface area contributed by atoms with E-state index >= 15 is 0 Å². The summed E-state index contributed by atoms with van der Waals surface area (Å²) in [6, 6.07) is 8.41. The zero-order valence-corrected chi connectivity index (χ0v) is 9.33. The van der Waals surface area contributed by atoms with Crippen LogP contribution < -0.4 is 0 Å². The van der Waals surface area contributed by atoms with Crippen molar-refractivity contribution in [1.82, 2.24) is 0 Å². The molecule has 0 spiro atoms. The van der Waals surface area contributed by atoms with Crippen LogP contribution in [-0.4, -0.2) is 16.7 Å². The first-order valence-corrected chi connectivity index (χ1v) is 5.62. The van der Waals surface area contributed by atoms with Crippen LogP contribution >= 0.6 is 0 Å². The molecule has 1 aliphatic carbocycles. The first-order valence-electron chi connectivity index (χ1n) is 5.62. The van der Waals surface area contributed by atoms with Gasteiger partial charge in [0, 0.05) is 17.8 Å². The van der Waals surface area contributed by atoms with Gasteiger partial charge in [-0.2, -0.15) is 0 Å². The van der Waals surface area contributed by atoms with Crippen molar-refractivity contribution in [2.45, 2.75) is 25.3 Å². The van der Waals surface area contributed by atoms with Gasteiger partial charge >= 0.3 is 0 Å². The van der Waals surface area contributed by atoms with E-state index in [4.69, 9.17) is 0 Å². The van der Waals surface area contributed by atoms with Crippen molar-refractivity contribution in [3.05, 3.63) is 51.6 Å². The van der Waals surface area contributed by atoms with Crippen molar-refractivity contribution in [1.29, 1.82) is 0 Å². The van der Waals surface area contributed by atoms with Crippen LogP contribution in [0.2, 0.25) is 0 Å². The number of rotatable bonds is 2. The van der Waals surface area contributed by atoms with E-state index in [9.17, 15) is 14.9 Å². The van der Waals surface area contributed by atoms with Gasteiger partial charge in [0.1, 0.15) is 0 Å². The van der Waals surface area contributed by atoms with E-state index in [-0.39, 0.29) is 10.7 Å². The molecular weight excluding hydrogens is 218 g/mol. The van der Waals surface area contributed by atoms with Gasteiger partial charge in [-0.1, -0.05) is 30.3 Å². The highest BCUT2D eigenvalue weighted by Crippen LogP contribution is 2.24. The predicted octanol–water partition coefficient (Wildman–Crippen LogP) is 2.47. The second-order valence-corrected chi connectivity index (χ2v) is 4.13. The van der Waals surface area contributed by atoms with Gasteiger partial charge in [-0.15, -0.1) is 0 Å². The molecule has 1 aliphatic rings. The van der Waals surface area contributed by atoms with Crippen molar-refractivity contribution >= 4 is 11.9 Å². The van der Waals surface area contributed by atoms with E-state index in [1.807, 2.05) is 30.3 Å². The molecule has 1 atom stereocenters. The predicted molar refractivity (Wildman–Crippen MR) is 64.1 cm³/mol. The fraction of sp³-hybridized carbons (Fsp3) is 0.308. The van der Waals surface area contributed by atoms with Gasteiger partial charge in [-0.3, -0.25) is 14.9 Å². The van der Waals surface area contributed by atoms with Gasteiger partial charge in [0.2, 0.25) is 6.04 Å². The lowest BCUT2D eigenvalue weighted by Gasteiger charge is -2.17. The van der Waals surface area contributed by atoms with Crippen LogP contribution in [0.4, 0.5) is 0 Å². The molecule has 1 aromatic rings. The maximum absolute atomic E-state index is 11.7. The average molecular weight is 231 g/mol. The lowest BCUT2D eigenvalue weighted by atomic mass is 9.88. The third kappa shape index (κ3) is 2.58. The largest absolute Gasteiger partial charge is 0.294 e. The number of hydrogen-bond acceptors (Lipinski definition) is 3. The Balaban J connectivity index is 2.35. The Morgan fingerprint density at radius 3 is 2.65 bits per heavy atom. The Kier molecular flexibility index (Phi) is 3.32. The Hall–Kier alpha value is -1.97. The first kappa shape index (κ1) is 11.5. The molecule has 1 fully saturated rings. The second-order valence-electron chi connectivity index (χ2n) is 4.13. The molecule has 0 radical (unpaired) electrons. The van der Waals surface area contributed by atoms with Crippen molar-refractivity contribution in [2.24, 2.45) is 0 Å². The summed E-state index contributed by atoms with van der Waals surface area (Å²) >= 11 is 0. The molecule has 88 valence electrons. The van der Waals surface area contributed by atoms with Crippen LogP contribution in [0.5, 0.6) is 0 Å². The molecule has 1 unspecified atom stereocenters. The monoisotopic (exact) mass is 231 g/mol. The van der Waals surface area contributed by atoms with Gasteiger partial charge < -0.3 is 0 Å². The molecule has 1 aromatic carbocycles. The summed E-state index contributed by atoms with van der Waals surface area (Å²) in [5, 5.41) is 10.9. The summed E-state index contributed by atoms with van der Waals surface area (Å²) in [7, 11) is 0. The molecular formula is C13H13NO3. The molecule has 0 saturated heterocycles. The van der Waals surface area contributed by atoms with Crippen molar-refractivity contribution in [3.8, 4) is 0 Å². The van der Waals surface area contributed by atoms with Crippen LogP contribution in [0, 0.1) is 10.1 Å². The third-order valence-corrected chi connectivity index (χ3v) is 2.94. The summed E-state index contributed by atoms with van der Waals surface area (Å²) < 4.78 is 0. The van der Waals surface area contributed by atoms with E-state index in [2.05, 4.69) is 0 Å². The minimum atomic E-state index is -0.837. The summed E-state index contributed by atoms with van der Waals surface area (Å²) in [5.74, 6) is -0.0956. The summed E-state index contributed by atoms with van der Waals surface area (Å²) in [4.78, 5) is 22.3. The normalized spacial score (nSPS) is 22.7. The van der Waals surface area contributed by atoms with Crippen LogP contribution in [0.15, 0.2) is 35.9 Å². The Bertz CT molecular complexity index is 465. The fourth-order valence-electron chi connectivity index (χ4n) is 2.07. The molecule has 2 rings (SSSR count). The molecule has 1 saturated carbocycles. The molecule has 17 heavy (non-hydrogen) atoms. The van der Waals surface area contributed by atoms with E-state index in [0.29, 0.717) is 24.8 Å². The van der Waals surface area contributed by atoms with Gasteiger partial charge in [0.15, 0.2) is 5.78 Å². The fourth-order valence-corrected chi connectivity index (χ4v) is 2.07. The minimum absolute atomic E-state index is 0.0956. The van der Waals surface area contributed by atoms with Gasteiger partial charge in [0.25, 0.3) is 0 Å². The topological polar surface area (TPSA) is 60.2 Å². The Morgan fingerprint density at radius 1 is 1.29 bits per heavy atom.